The minimum Gasteiger partial charge on any atom is -0.478 e. The van der Waals surface area contributed by atoms with Crippen LogP contribution >= 0.6 is 0 Å². The molecule has 0 radical (unpaired) electrons. The first-order valence-corrected chi connectivity index (χ1v) is 6.46. The maximum absolute atomic E-state index is 13.3. The van der Waals surface area contributed by atoms with Crippen molar-refractivity contribution in [2.45, 2.75) is 19.9 Å². The van der Waals surface area contributed by atoms with E-state index in [1.807, 2.05) is 0 Å². The van der Waals surface area contributed by atoms with Crippen LogP contribution in [0.4, 0.5) is 4.39 Å². The van der Waals surface area contributed by atoms with Gasteiger partial charge in [-0.3, -0.25) is 4.90 Å². The predicted molar refractivity (Wildman–Crippen MR) is 72.1 cm³/mol. The first-order valence-electron chi connectivity index (χ1n) is 6.46. The number of carboxylic acids is 1. The zero-order valence-corrected chi connectivity index (χ0v) is 11.0. The van der Waals surface area contributed by atoms with E-state index in [1.165, 1.54) is 24.6 Å². The lowest BCUT2D eigenvalue weighted by molar-refractivity contribution is -0.131. The molecule has 1 N–H and O–H groups in total. The molecule has 0 saturated carbocycles. The van der Waals surface area contributed by atoms with Crippen molar-refractivity contribution in [3.63, 3.8) is 0 Å². The Morgan fingerprint density at radius 2 is 2.37 bits per heavy atom. The summed E-state index contributed by atoms with van der Waals surface area (Å²) in [6.45, 7) is 5.04. The summed E-state index contributed by atoms with van der Waals surface area (Å²) < 4.78 is 13.3. The van der Waals surface area contributed by atoms with Gasteiger partial charge in [-0.05, 0) is 48.2 Å². The second-order valence-electron chi connectivity index (χ2n) is 5.14. The van der Waals surface area contributed by atoms with Crippen molar-refractivity contribution in [1.82, 2.24) is 4.90 Å². The lowest BCUT2D eigenvalue weighted by Gasteiger charge is -2.17. The van der Waals surface area contributed by atoms with E-state index in [4.69, 9.17) is 5.11 Å². The Bertz CT molecular complexity index is 499. The van der Waals surface area contributed by atoms with E-state index in [1.54, 1.807) is 6.07 Å². The highest BCUT2D eigenvalue weighted by Crippen LogP contribution is 2.21. The van der Waals surface area contributed by atoms with Crippen LogP contribution in [0.3, 0.4) is 0 Å². The second kappa shape index (κ2) is 5.97. The van der Waals surface area contributed by atoms with Crippen LogP contribution in [-0.2, 0) is 11.3 Å². The minimum absolute atomic E-state index is 0.344. The normalized spacial score (nSPS) is 20.2. The fraction of sp³-hybridized carbons (Fsp3) is 0.400. The molecule has 1 atom stereocenters. The number of benzene rings is 1. The van der Waals surface area contributed by atoms with E-state index >= 15 is 0 Å². The van der Waals surface area contributed by atoms with Gasteiger partial charge < -0.3 is 5.11 Å². The highest BCUT2D eigenvalue weighted by Gasteiger charge is 2.19. The average molecular weight is 263 g/mol. The molecule has 4 heteroatoms. The van der Waals surface area contributed by atoms with Gasteiger partial charge >= 0.3 is 5.97 Å². The van der Waals surface area contributed by atoms with Crippen LogP contribution in [0, 0.1) is 11.7 Å². The van der Waals surface area contributed by atoms with Gasteiger partial charge in [0.2, 0.25) is 0 Å². The third-order valence-electron chi connectivity index (χ3n) is 3.42. The molecule has 1 unspecified atom stereocenters. The van der Waals surface area contributed by atoms with Crippen LogP contribution < -0.4 is 0 Å². The van der Waals surface area contributed by atoms with E-state index in [2.05, 4.69) is 11.8 Å². The second-order valence-corrected chi connectivity index (χ2v) is 5.14. The van der Waals surface area contributed by atoms with E-state index < -0.39 is 5.97 Å². The molecule has 102 valence electrons. The average Bonchev–Trinajstić information content (AvgIpc) is 2.75. The first kappa shape index (κ1) is 13.7. The Labute approximate surface area is 112 Å². The standard InChI is InChI=1S/C15H18FNO2/c1-11-6-7-17(9-11)10-13-2-4-14(16)8-12(13)3-5-15(18)19/h2-5,8,11H,6-7,9-10H2,1H3,(H,18,19). The number of hydrogen-bond acceptors (Lipinski definition) is 2. The first-order chi connectivity index (χ1) is 9.04. The van der Waals surface area contributed by atoms with Crippen molar-refractivity contribution in [3.05, 3.63) is 41.2 Å². The number of aliphatic carboxylic acids is 1. The van der Waals surface area contributed by atoms with Gasteiger partial charge in [0.1, 0.15) is 5.82 Å². The van der Waals surface area contributed by atoms with E-state index in [-0.39, 0.29) is 5.82 Å². The third kappa shape index (κ3) is 3.89. The van der Waals surface area contributed by atoms with Gasteiger partial charge in [-0.2, -0.15) is 0 Å². The molecular formula is C15H18FNO2. The zero-order valence-electron chi connectivity index (χ0n) is 11.0. The number of rotatable bonds is 4. The van der Waals surface area contributed by atoms with E-state index in [0.29, 0.717) is 11.5 Å². The molecule has 0 bridgehead atoms. The fourth-order valence-electron chi connectivity index (χ4n) is 2.44. The number of likely N-dealkylation sites (tertiary alicyclic amines) is 1. The molecule has 0 spiro atoms. The largest absolute Gasteiger partial charge is 0.478 e. The fourth-order valence-corrected chi connectivity index (χ4v) is 2.44. The Kier molecular flexibility index (Phi) is 4.32. The molecule has 2 rings (SSSR count). The summed E-state index contributed by atoms with van der Waals surface area (Å²) in [6.07, 6.45) is 3.69. The smallest absolute Gasteiger partial charge is 0.328 e. The molecule has 0 amide bonds. The lowest BCUT2D eigenvalue weighted by Crippen LogP contribution is -2.20. The molecule has 0 aliphatic carbocycles. The number of carboxylic acid groups (broad SMARTS) is 1. The molecule has 1 aliphatic rings. The number of carbonyl (C=O) groups is 1. The molecule has 1 saturated heterocycles. The monoisotopic (exact) mass is 263 g/mol. The van der Waals surface area contributed by atoms with Gasteiger partial charge in [0, 0.05) is 19.2 Å². The van der Waals surface area contributed by atoms with Gasteiger partial charge in [0.25, 0.3) is 0 Å². The molecule has 1 aromatic rings. The van der Waals surface area contributed by atoms with E-state index in [9.17, 15) is 9.18 Å². The van der Waals surface area contributed by atoms with Crippen LogP contribution in [0.15, 0.2) is 24.3 Å². The van der Waals surface area contributed by atoms with Crippen LogP contribution in [-0.4, -0.2) is 29.1 Å². The molecule has 1 aromatic carbocycles. The molecule has 1 aliphatic heterocycles. The summed E-state index contributed by atoms with van der Waals surface area (Å²) in [5, 5.41) is 8.66. The third-order valence-corrected chi connectivity index (χ3v) is 3.42. The van der Waals surface area contributed by atoms with Crippen LogP contribution in [0.25, 0.3) is 6.08 Å². The van der Waals surface area contributed by atoms with Crippen LogP contribution in [0.1, 0.15) is 24.5 Å². The molecule has 0 aromatic heterocycles. The lowest BCUT2D eigenvalue weighted by atomic mass is 10.1. The summed E-state index contributed by atoms with van der Waals surface area (Å²) in [6, 6.07) is 4.54. The van der Waals surface area contributed by atoms with Gasteiger partial charge in [-0.1, -0.05) is 13.0 Å². The quantitative estimate of drug-likeness (QED) is 0.849. The Hall–Kier alpha value is -1.68. The van der Waals surface area contributed by atoms with Crippen molar-refractivity contribution in [1.29, 1.82) is 0 Å². The minimum atomic E-state index is -1.02. The summed E-state index contributed by atoms with van der Waals surface area (Å²) >= 11 is 0. The molecule has 3 nitrogen and oxygen atoms in total. The van der Waals surface area contributed by atoms with Gasteiger partial charge in [-0.15, -0.1) is 0 Å². The van der Waals surface area contributed by atoms with Crippen LogP contribution in [0.5, 0.6) is 0 Å². The maximum Gasteiger partial charge on any atom is 0.328 e. The molecular weight excluding hydrogens is 245 g/mol. The Morgan fingerprint density at radius 3 is 3.00 bits per heavy atom. The Balaban J connectivity index is 2.16. The Morgan fingerprint density at radius 1 is 1.58 bits per heavy atom. The van der Waals surface area contributed by atoms with Crippen molar-refractivity contribution >= 4 is 12.0 Å². The summed E-state index contributed by atoms with van der Waals surface area (Å²) in [7, 11) is 0. The molecule has 1 heterocycles. The van der Waals surface area contributed by atoms with Gasteiger partial charge in [0.05, 0.1) is 0 Å². The number of hydrogen-bond donors (Lipinski definition) is 1. The highest BCUT2D eigenvalue weighted by atomic mass is 19.1. The van der Waals surface area contributed by atoms with Crippen molar-refractivity contribution in [2.75, 3.05) is 13.1 Å². The van der Waals surface area contributed by atoms with Crippen molar-refractivity contribution < 1.29 is 14.3 Å². The summed E-state index contributed by atoms with van der Waals surface area (Å²) in [4.78, 5) is 12.9. The SMILES string of the molecule is CC1CCN(Cc2ccc(F)cc2C=CC(=O)O)C1. The van der Waals surface area contributed by atoms with Crippen molar-refractivity contribution in [2.24, 2.45) is 5.92 Å². The zero-order chi connectivity index (χ0) is 13.8. The predicted octanol–water partition coefficient (Wildman–Crippen LogP) is 2.77. The van der Waals surface area contributed by atoms with Crippen LogP contribution in [0.2, 0.25) is 0 Å². The maximum atomic E-state index is 13.3. The number of halogens is 1. The molecule has 19 heavy (non-hydrogen) atoms. The highest BCUT2D eigenvalue weighted by molar-refractivity contribution is 5.85. The topological polar surface area (TPSA) is 40.5 Å². The van der Waals surface area contributed by atoms with Crippen molar-refractivity contribution in [3.8, 4) is 0 Å². The number of nitrogens with zero attached hydrogens (tertiary/aromatic N) is 1. The molecule has 1 fully saturated rings. The summed E-state index contributed by atoms with van der Waals surface area (Å²) in [5.41, 5.74) is 1.61. The summed E-state index contributed by atoms with van der Waals surface area (Å²) in [5.74, 6) is -0.674. The van der Waals surface area contributed by atoms with E-state index in [0.717, 1.165) is 31.3 Å². The van der Waals surface area contributed by atoms with Gasteiger partial charge in [-0.25, -0.2) is 9.18 Å². The van der Waals surface area contributed by atoms with Gasteiger partial charge in [0.15, 0.2) is 0 Å².